The Morgan fingerprint density at radius 3 is 2.81 bits per heavy atom. The maximum Gasteiger partial charge on any atom is 0.180 e. The van der Waals surface area contributed by atoms with Crippen LogP contribution in [0, 0.1) is 0 Å². The van der Waals surface area contributed by atoms with Crippen molar-refractivity contribution in [2.75, 3.05) is 5.73 Å². The van der Waals surface area contributed by atoms with Crippen molar-refractivity contribution in [3.63, 3.8) is 0 Å². The lowest BCUT2D eigenvalue weighted by molar-refractivity contribution is 0.946. The van der Waals surface area contributed by atoms with Gasteiger partial charge in [-0.15, -0.1) is 11.3 Å². The van der Waals surface area contributed by atoms with Gasteiger partial charge in [0.25, 0.3) is 0 Å². The number of nitrogens with zero attached hydrogens (tertiary/aromatic N) is 3. The number of aromatic amines is 1. The lowest BCUT2D eigenvalue weighted by Crippen LogP contribution is -1.94. The predicted molar refractivity (Wildman–Crippen MR) is 85.0 cm³/mol. The quantitative estimate of drug-likeness (QED) is 0.763. The molecule has 0 aliphatic heterocycles. The molecule has 21 heavy (non-hydrogen) atoms. The SMILES string of the molecule is Nc1nc(Cc2n[nH]c(Cc3cccc(Cl)c3Cl)n2)cs1. The van der Waals surface area contributed by atoms with E-state index in [4.69, 9.17) is 28.9 Å². The molecule has 0 atom stereocenters. The van der Waals surface area contributed by atoms with Gasteiger partial charge in [-0.1, -0.05) is 35.3 Å². The van der Waals surface area contributed by atoms with Gasteiger partial charge in [0.15, 0.2) is 11.0 Å². The first-order valence-electron chi connectivity index (χ1n) is 6.15. The second kappa shape index (κ2) is 6.01. The summed E-state index contributed by atoms with van der Waals surface area (Å²) in [5, 5.41) is 10.6. The smallest absolute Gasteiger partial charge is 0.180 e. The van der Waals surface area contributed by atoms with Crippen molar-refractivity contribution in [1.82, 2.24) is 20.2 Å². The van der Waals surface area contributed by atoms with E-state index in [9.17, 15) is 0 Å². The van der Waals surface area contributed by atoms with Crippen LogP contribution in [0.2, 0.25) is 10.0 Å². The summed E-state index contributed by atoms with van der Waals surface area (Å²) < 4.78 is 0. The van der Waals surface area contributed by atoms with Crippen LogP contribution >= 0.6 is 34.5 Å². The number of halogens is 2. The number of rotatable bonds is 4. The molecule has 0 fully saturated rings. The van der Waals surface area contributed by atoms with Gasteiger partial charge in [-0.3, -0.25) is 5.10 Å². The number of nitrogens with two attached hydrogens (primary N) is 1. The number of hydrogen-bond donors (Lipinski definition) is 2. The van der Waals surface area contributed by atoms with Crippen molar-refractivity contribution in [3.05, 3.63) is 56.5 Å². The van der Waals surface area contributed by atoms with Gasteiger partial charge >= 0.3 is 0 Å². The monoisotopic (exact) mass is 339 g/mol. The molecule has 108 valence electrons. The van der Waals surface area contributed by atoms with Gasteiger partial charge in [0.1, 0.15) is 5.82 Å². The van der Waals surface area contributed by atoms with E-state index < -0.39 is 0 Å². The molecule has 8 heteroatoms. The summed E-state index contributed by atoms with van der Waals surface area (Å²) in [4.78, 5) is 8.63. The van der Waals surface area contributed by atoms with Gasteiger partial charge in [-0.05, 0) is 11.6 Å². The molecule has 0 amide bonds. The lowest BCUT2D eigenvalue weighted by Gasteiger charge is -2.02. The summed E-state index contributed by atoms with van der Waals surface area (Å²) >= 11 is 13.6. The van der Waals surface area contributed by atoms with Crippen LogP contribution in [0.15, 0.2) is 23.6 Å². The van der Waals surface area contributed by atoms with E-state index in [1.807, 2.05) is 17.5 Å². The Morgan fingerprint density at radius 1 is 1.19 bits per heavy atom. The molecule has 3 rings (SSSR count). The molecule has 0 saturated carbocycles. The molecule has 0 aliphatic carbocycles. The number of nitrogens with one attached hydrogen (secondary N) is 1. The molecule has 2 aromatic heterocycles. The van der Waals surface area contributed by atoms with E-state index in [2.05, 4.69) is 20.2 Å². The van der Waals surface area contributed by atoms with Crippen LogP contribution in [0.3, 0.4) is 0 Å². The molecule has 2 heterocycles. The minimum Gasteiger partial charge on any atom is -0.375 e. The first-order chi connectivity index (χ1) is 10.1. The van der Waals surface area contributed by atoms with Crippen molar-refractivity contribution in [1.29, 1.82) is 0 Å². The summed E-state index contributed by atoms with van der Waals surface area (Å²) in [5.41, 5.74) is 7.37. The third kappa shape index (κ3) is 3.34. The molecule has 3 N–H and O–H groups in total. The number of H-pyrrole nitrogens is 1. The van der Waals surface area contributed by atoms with Crippen molar-refractivity contribution in [2.24, 2.45) is 0 Å². The normalized spacial score (nSPS) is 11.0. The molecule has 5 nitrogen and oxygen atoms in total. The van der Waals surface area contributed by atoms with Gasteiger partial charge < -0.3 is 5.73 Å². The number of thiazole rings is 1. The van der Waals surface area contributed by atoms with E-state index in [0.717, 1.165) is 17.1 Å². The fraction of sp³-hybridized carbons (Fsp3) is 0.154. The first kappa shape index (κ1) is 14.3. The van der Waals surface area contributed by atoms with E-state index in [1.165, 1.54) is 11.3 Å². The summed E-state index contributed by atoms with van der Waals surface area (Å²) in [6.45, 7) is 0. The number of anilines is 1. The summed E-state index contributed by atoms with van der Waals surface area (Å²) in [6.07, 6.45) is 1.10. The molecule has 0 bridgehead atoms. The molecule has 0 unspecified atom stereocenters. The van der Waals surface area contributed by atoms with E-state index in [-0.39, 0.29) is 0 Å². The van der Waals surface area contributed by atoms with Gasteiger partial charge in [0.05, 0.1) is 22.2 Å². The van der Waals surface area contributed by atoms with Gasteiger partial charge in [0.2, 0.25) is 0 Å². The molecular formula is C13H11Cl2N5S. The molecule has 0 radical (unpaired) electrons. The van der Waals surface area contributed by atoms with Gasteiger partial charge in [-0.25, -0.2) is 9.97 Å². The molecule has 0 saturated heterocycles. The van der Waals surface area contributed by atoms with Gasteiger partial charge in [0, 0.05) is 11.8 Å². The van der Waals surface area contributed by atoms with Gasteiger partial charge in [-0.2, -0.15) is 5.10 Å². The minimum atomic E-state index is 0.534. The Hall–Kier alpha value is -1.63. The third-order valence-electron chi connectivity index (χ3n) is 2.88. The zero-order chi connectivity index (χ0) is 14.8. The number of benzene rings is 1. The molecular weight excluding hydrogens is 329 g/mol. The van der Waals surface area contributed by atoms with Crippen LogP contribution < -0.4 is 5.73 Å². The summed E-state index contributed by atoms with van der Waals surface area (Å²) in [5.74, 6) is 1.41. The highest BCUT2D eigenvalue weighted by atomic mass is 35.5. The van der Waals surface area contributed by atoms with Crippen LogP contribution in [-0.4, -0.2) is 20.2 Å². The van der Waals surface area contributed by atoms with E-state index in [1.54, 1.807) is 6.07 Å². The van der Waals surface area contributed by atoms with Crippen LogP contribution in [0.5, 0.6) is 0 Å². The average Bonchev–Trinajstić information content (AvgIpc) is 3.05. The van der Waals surface area contributed by atoms with Crippen molar-refractivity contribution in [2.45, 2.75) is 12.8 Å². The largest absolute Gasteiger partial charge is 0.375 e. The number of hydrogen-bond acceptors (Lipinski definition) is 5. The Kier molecular flexibility index (Phi) is 4.10. The fourth-order valence-corrected chi connectivity index (χ4v) is 2.87. The highest BCUT2D eigenvalue weighted by Crippen LogP contribution is 2.26. The van der Waals surface area contributed by atoms with Crippen molar-refractivity contribution < 1.29 is 0 Å². The van der Waals surface area contributed by atoms with E-state index >= 15 is 0 Å². The summed E-state index contributed by atoms with van der Waals surface area (Å²) in [6, 6.07) is 5.53. The molecule has 0 spiro atoms. The van der Waals surface area contributed by atoms with E-state index in [0.29, 0.717) is 33.8 Å². The minimum absolute atomic E-state index is 0.534. The first-order valence-corrected chi connectivity index (χ1v) is 7.78. The van der Waals surface area contributed by atoms with Crippen LogP contribution in [-0.2, 0) is 12.8 Å². The van der Waals surface area contributed by atoms with Crippen LogP contribution in [0.1, 0.15) is 22.9 Å². The zero-order valence-corrected chi connectivity index (χ0v) is 13.1. The molecule has 0 aliphatic rings. The Bertz CT molecular complexity index is 768. The second-order valence-corrected chi connectivity index (χ2v) is 6.12. The predicted octanol–water partition coefficient (Wildman–Crippen LogP) is 3.33. The Balaban J connectivity index is 1.74. The molecule has 1 aromatic carbocycles. The standard InChI is InChI=1S/C13H11Cl2N5S/c14-9-3-1-2-7(12(9)15)4-10-18-11(20-19-10)5-8-6-21-13(16)17-8/h1-3,6H,4-5H2,(H2,16,17)(H,18,19,20). The average molecular weight is 340 g/mol. The van der Waals surface area contributed by atoms with Crippen molar-refractivity contribution >= 4 is 39.7 Å². The topological polar surface area (TPSA) is 80.5 Å². The Morgan fingerprint density at radius 2 is 2.05 bits per heavy atom. The molecule has 3 aromatic rings. The highest BCUT2D eigenvalue weighted by molar-refractivity contribution is 7.13. The zero-order valence-electron chi connectivity index (χ0n) is 10.8. The number of aromatic nitrogens is 4. The van der Waals surface area contributed by atoms with Crippen molar-refractivity contribution in [3.8, 4) is 0 Å². The second-order valence-electron chi connectivity index (χ2n) is 4.44. The third-order valence-corrected chi connectivity index (χ3v) is 4.46. The maximum atomic E-state index is 6.17. The van der Waals surface area contributed by atoms with Crippen LogP contribution in [0.25, 0.3) is 0 Å². The maximum absolute atomic E-state index is 6.17. The lowest BCUT2D eigenvalue weighted by atomic mass is 10.1. The fourth-order valence-electron chi connectivity index (χ4n) is 1.92. The Labute approximate surface area is 135 Å². The number of nitrogen functional groups attached to an aromatic ring is 1. The van der Waals surface area contributed by atoms with Crippen LogP contribution in [0.4, 0.5) is 5.13 Å². The highest BCUT2D eigenvalue weighted by Gasteiger charge is 2.10. The summed E-state index contributed by atoms with van der Waals surface area (Å²) in [7, 11) is 0.